The van der Waals surface area contributed by atoms with Crippen LogP contribution in [0.4, 0.5) is 0 Å². The highest BCUT2D eigenvalue weighted by Crippen LogP contribution is 2.28. The van der Waals surface area contributed by atoms with E-state index in [4.69, 9.17) is 0 Å². The molecule has 2 heteroatoms. The lowest BCUT2D eigenvalue weighted by atomic mass is 9.98. The summed E-state index contributed by atoms with van der Waals surface area (Å²) in [5.74, 6) is 1.86. The molecule has 1 N–H and O–H groups in total. The summed E-state index contributed by atoms with van der Waals surface area (Å²) in [6, 6.07) is 0. The van der Waals surface area contributed by atoms with Gasteiger partial charge in [-0.2, -0.15) is 0 Å². The van der Waals surface area contributed by atoms with Crippen LogP contribution in [-0.2, 0) is 4.79 Å². The Labute approximate surface area is 74.7 Å². The van der Waals surface area contributed by atoms with Gasteiger partial charge in [0.05, 0.1) is 0 Å². The summed E-state index contributed by atoms with van der Waals surface area (Å²) in [6.07, 6.45) is 2.20. The van der Waals surface area contributed by atoms with Crippen molar-refractivity contribution in [1.29, 1.82) is 0 Å². The summed E-state index contributed by atoms with van der Waals surface area (Å²) in [5.41, 5.74) is 0. The molecule has 1 fully saturated rings. The molecule has 0 radical (unpaired) electrons. The molecule has 2 nitrogen and oxygen atoms in total. The molecule has 0 spiro atoms. The molecule has 1 unspecified atom stereocenters. The smallest absolute Gasteiger partial charge is 0.223 e. The third kappa shape index (κ3) is 2.84. The number of nitrogens with one attached hydrogen (secondary N) is 1. The van der Waals surface area contributed by atoms with E-state index in [1.54, 1.807) is 0 Å². The summed E-state index contributed by atoms with van der Waals surface area (Å²) >= 11 is 0. The van der Waals surface area contributed by atoms with E-state index in [0.717, 1.165) is 19.4 Å². The van der Waals surface area contributed by atoms with Crippen LogP contribution >= 0.6 is 0 Å². The summed E-state index contributed by atoms with van der Waals surface area (Å²) in [6.45, 7) is 7.40. The van der Waals surface area contributed by atoms with Gasteiger partial charge in [-0.3, -0.25) is 4.79 Å². The van der Waals surface area contributed by atoms with Crippen molar-refractivity contribution in [2.45, 2.75) is 33.6 Å². The van der Waals surface area contributed by atoms with Gasteiger partial charge in [0.2, 0.25) is 5.91 Å². The van der Waals surface area contributed by atoms with Gasteiger partial charge in [0.15, 0.2) is 0 Å². The molecule has 0 aromatic carbocycles. The maximum Gasteiger partial charge on any atom is 0.223 e. The van der Waals surface area contributed by atoms with E-state index >= 15 is 0 Å². The molecule has 0 saturated heterocycles. The van der Waals surface area contributed by atoms with Crippen LogP contribution in [0.5, 0.6) is 0 Å². The second kappa shape index (κ2) is 3.92. The molecular formula is C10H19NO. The van der Waals surface area contributed by atoms with E-state index in [-0.39, 0.29) is 5.91 Å². The van der Waals surface area contributed by atoms with Crippen LogP contribution in [0.15, 0.2) is 0 Å². The van der Waals surface area contributed by atoms with Crippen LogP contribution in [0, 0.1) is 17.8 Å². The minimum absolute atomic E-state index is 0.266. The lowest BCUT2D eigenvalue weighted by Crippen LogP contribution is -2.31. The van der Waals surface area contributed by atoms with Crippen LogP contribution in [0.3, 0.4) is 0 Å². The molecule has 0 aromatic rings. The number of carbonyl (C=O) groups excluding carboxylic acids is 1. The largest absolute Gasteiger partial charge is 0.356 e. The first-order valence-corrected chi connectivity index (χ1v) is 4.89. The number of amides is 1. The Morgan fingerprint density at radius 1 is 1.42 bits per heavy atom. The standard InChI is InChI=1S/C10H19NO/c1-7(2)8(3)6-11-10(12)9-4-5-9/h7-9H,4-6H2,1-3H3,(H,11,12). The van der Waals surface area contributed by atoms with Gasteiger partial charge in [0.25, 0.3) is 0 Å². The van der Waals surface area contributed by atoms with E-state index in [2.05, 4.69) is 26.1 Å². The van der Waals surface area contributed by atoms with Crippen LogP contribution in [-0.4, -0.2) is 12.5 Å². The van der Waals surface area contributed by atoms with Crippen molar-refractivity contribution in [1.82, 2.24) is 5.32 Å². The molecule has 1 aliphatic carbocycles. The zero-order chi connectivity index (χ0) is 9.14. The molecule has 0 bridgehead atoms. The minimum atomic E-state index is 0.266. The van der Waals surface area contributed by atoms with Crippen molar-refractivity contribution in [3.8, 4) is 0 Å². The highest BCUT2D eigenvalue weighted by Gasteiger charge is 2.29. The van der Waals surface area contributed by atoms with Crippen LogP contribution in [0.2, 0.25) is 0 Å². The van der Waals surface area contributed by atoms with Gasteiger partial charge in [0.1, 0.15) is 0 Å². The monoisotopic (exact) mass is 169 g/mol. The Kier molecular flexibility index (Phi) is 3.12. The highest BCUT2D eigenvalue weighted by atomic mass is 16.2. The molecular weight excluding hydrogens is 150 g/mol. The maximum atomic E-state index is 11.2. The topological polar surface area (TPSA) is 29.1 Å². The van der Waals surface area contributed by atoms with Gasteiger partial charge < -0.3 is 5.32 Å². The number of hydrogen-bond donors (Lipinski definition) is 1. The summed E-state index contributed by atoms with van der Waals surface area (Å²) in [7, 11) is 0. The van der Waals surface area contributed by atoms with Crippen molar-refractivity contribution in [3.05, 3.63) is 0 Å². The Morgan fingerprint density at radius 2 is 2.00 bits per heavy atom. The van der Waals surface area contributed by atoms with Crippen LogP contribution in [0.25, 0.3) is 0 Å². The van der Waals surface area contributed by atoms with Gasteiger partial charge in [-0.1, -0.05) is 20.8 Å². The molecule has 0 heterocycles. The average molecular weight is 169 g/mol. The van der Waals surface area contributed by atoms with Gasteiger partial charge in [-0.25, -0.2) is 0 Å². The first kappa shape index (κ1) is 9.56. The molecule has 0 aliphatic heterocycles. The fourth-order valence-corrected chi connectivity index (χ4v) is 0.987. The van der Waals surface area contributed by atoms with Crippen molar-refractivity contribution >= 4 is 5.91 Å². The third-order valence-electron chi connectivity index (χ3n) is 2.68. The first-order chi connectivity index (χ1) is 5.61. The predicted molar refractivity (Wildman–Crippen MR) is 49.7 cm³/mol. The molecule has 1 amide bonds. The lowest BCUT2D eigenvalue weighted by molar-refractivity contribution is -0.122. The minimum Gasteiger partial charge on any atom is -0.356 e. The Bertz CT molecular complexity index is 161. The van der Waals surface area contributed by atoms with Gasteiger partial charge in [-0.15, -0.1) is 0 Å². The van der Waals surface area contributed by atoms with E-state index in [1.807, 2.05) is 0 Å². The van der Waals surface area contributed by atoms with E-state index in [0.29, 0.717) is 17.8 Å². The number of hydrogen-bond acceptors (Lipinski definition) is 1. The molecule has 0 aromatic heterocycles. The summed E-state index contributed by atoms with van der Waals surface area (Å²) < 4.78 is 0. The molecule has 70 valence electrons. The van der Waals surface area contributed by atoms with Crippen LogP contribution < -0.4 is 5.32 Å². The normalized spacial score (nSPS) is 19.3. The van der Waals surface area contributed by atoms with Crippen LogP contribution in [0.1, 0.15) is 33.6 Å². The fraction of sp³-hybridized carbons (Fsp3) is 0.900. The van der Waals surface area contributed by atoms with Crippen molar-refractivity contribution in [2.75, 3.05) is 6.54 Å². The zero-order valence-corrected chi connectivity index (χ0v) is 8.26. The van der Waals surface area contributed by atoms with Crippen molar-refractivity contribution < 1.29 is 4.79 Å². The Morgan fingerprint density at radius 3 is 2.42 bits per heavy atom. The number of rotatable bonds is 4. The molecule has 1 rings (SSSR count). The maximum absolute atomic E-state index is 11.2. The van der Waals surface area contributed by atoms with E-state index in [1.165, 1.54) is 0 Å². The van der Waals surface area contributed by atoms with Gasteiger partial charge in [0, 0.05) is 12.5 Å². The fourth-order valence-electron chi connectivity index (χ4n) is 0.987. The lowest BCUT2D eigenvalue weighted by Gasteiger charge is -2.15. The quantitative estimate of drug-likeness (QED) is 0.683. The zero-order valence-electron chi connectivity index (χ0n) is 8.26. The second-order valence-corrected chi connectivity index (χ2v) is 4.24. The van der Waals surface area contributed by atoms with E-state index < -0.39 is 0 Å². The average Bonchev–Trinajstić information content (AvgIpc) is 2.81. The Balaban J connectivity index is 2.11. The van der Waals surface area contributed by atoms with Crippen molar-refractivity contribution in [2.24, 2.45) is 17.8 Å². The van der Waals surface area contributed by atoms with Gasteiger partial charge >= 0.3 is 0 Å². The van der Waals surface area contributed by atoms with Crippen molar-refractivity contribution in [3.63, 3.8) is 0 Å². The summed E-state index contributed by atoms with van der Waals surface area (Å²) in [4.78, 5) is 11.2. The molecule has 12 heavy (non-hydrogen) atoms. The molecule has 1 aliphatic rings. The highest BCUT2D eigenvalue weighted by molar-refractivity contribution is 5.80. The second-order valence-electron chi connectivity index (χ2n) is 4.24. The summed E-state index contributed by atoms with van der Waals surface area (Å²) in [5, 5.41) is 2.99. The van der Waals surface area contributed by atoms with E-state index in [9.17, 15) is 4.79 Å². The third-order valence-corrected chi connectivity index (χ3v) is 2.68. The first-order valence-electron chi connectivity index (χ1n) is 4.89. The predicted octanol–water partition coefficient (Wildman–Crippen LogP) is 1.80. The van der Waals surface area contributed by atoms with Gasteiger partial charge in [-0.05, 0) is 24.7 Å². The number of carbonyl (C=O) groups is 1. The SMILES string of the molecule is CC(C)C(C)CNC(=O)C1CC1. The molecule has 1 saturated carbocycles. The Hall–Kier alpha value is -0.530. The molecule has 1 atom stereocenters.